The summed E-state index contributed by atoms with van der Waals surface area (Å²) >= 11 is 0. The monoisotopic (exact) mass is 193 g/mol. The number of nitrogens with zero attached hydrogens (tertiary/aromatic N) is 2. The standard InChI is InChI=1S/C10H15N3O/c1-13(8-10(14)5-11)7-9-3-2-4-12-6-9/h2-4,6H,5,7-8,11H2,1H3. The molecule has 0 aliphatic carbocycles. The number of likely N-dealkylation sites (N-methyl/N-ethyl adjacent to an activating group) is 1. The van der Waals surface area contributed by atoms with Crippen molar-refractivity contribution in [1.82, 2.24) is 9.88 Å². The average molecular weight is 193 g/mol. The lowest BCUT2D eigenvalue weighted by molar-refractivity contribution is -0.118. The highest BCUT2D eigenvalue weighted by Gasteiger charge is 2.04. The largest absolute Gasteiger partial charge is 0.324 e. The van der Waals surface area contributed by atoms with E-state index in [4.69, 9.17) is 5.73 Å². The van der Waals surface area contributed by atoms with Gasteiger partial charge in [-0.05, 0) is 18.7 Å². The van der Waals surface area contributed by atoms with Crippen LogP contribution in [0.25, 0.3) is 0 Å². The number of aromatic nitrogens is 1. The van der Waals surface area contributed by atoms with Crippen molar-refractivity contribution >= 4 is 5.78 Å². The third kappa shape index (κ3) is 3.64. The van der Waals surface area contributed by atoms with Crippen LogP contribution in [0.2, 0.25) is 0 Å². The molecule has 2 N–H and O–H groups in total. The molecule has 0 amide bonds. The molecule has 0 aliphatic heterocycles. The fourth-order valence-electron chi connectivity index (χ4n) is 1.22. The van der Waals surface area contributed by atoms with Crippen molar-refractivity contribution in [1.29, 1.82) is 0 Å². The molecule has 0 saturated carbocycles. The van der Waals surface area contributed by atoms with Gasteiger partial charge in [0.2, 0.25) is 0 Å². The minimum absolute atomic E-state index is 0.0522. The second kappa shape index (κ2) is 5.47. The summed E-state index contributed by atoms with van der Waals surface area (Å²) in [6.45, 7) is 1.22. The number of carbonyl (C=O) groups excluding carboxylic acids is 1. The van der Waals surface area contributed by atoms with Gasteiger partial charge >= 0.3 is 0 Å². The van der Waals surface area contributed by atoms with Crippen LogP contribution in [0.5, 0.6) is 0 Å². The lowest BCUT2D eigenvalue weighted by Crippen LogP contribution is -2.29. The third-order valence-corrected chi connectivity index (χ3v) is 1.85. The van der Waals surface area contributed by atoms with Crippen molar-refractivity contribution < 1.29 is 4.79 Å². The van der Waals surface area contributed by atoms with Gasteiger partial charge in [0.05, 0.1) is 13.1 Å². The van der Waals surface area contributed by atoms with E-state index in [0.29, 0.717) is 6.54 Å². The second-order valence-corrected chi connectivity index (χ2v) is 3.28. The Labute approximate surface area is 83.7 Å². The lowest BCUT2D eigenvalue weighted by Gasteiger charge is -2.14. The Hall–Kier alpha value is -1.26. The van der Waals surface area contributed by atoms with Gasteiger partial charge in [-0.25, -0.2) is 0 Å². The van der Waals surface area contributed by atoms with Crippen molar-refractivity contribution in [3.05, 3.63) is 30.1 Å². The van der Waals surface area contributed by atoms with Crippen LogP contribution in [-0.2, 0) is 11.3 Å². The molecule has 0 atom stereocenters. The summed E-state index contributed by atoms with van der Waals surface area (Å²) in [7, 11) is 1.89. The average Bonchev–Trinajstić information content (AvgIpc) is 2.19. The molecule has 1 rings (SSSR count). The highest BCUT2D eigenvalue weighted by atomic mass is 16.1. The van der Waals surface area contributed by atoms with Gasteiger partial charge in [-0.1, -0.05) is 6.07 Å². The van der Waals surface area contributed by atoms with Gasteiger partial charge in [-0.2, -0.15) is 0 Å². The Bertz CT molecular complexity index is 287. The molecule has 4 nitrogen and oxygen atoms in total. The van der Waals surface area contributed by atoms with E-state index < -0.39 is 0 Å². The first kappa shape index (κ1) is 10.8. The number of Topliss-reactive ketones (excluding diaryl/α,β-unsaturated/α-hetero) is 1. The molecule has 0 aliphatic rings. The zero-order valence-electron chi connectivity index (χ0n) is 8.31. The Kier molecular flexibility index (Phi) is 4.22. The van der Waals surface area contributed by atoms with Gasteiger partial charge in [0.1, 0.15) is 0 Å². The molecule has 1 heterocycles. The molecule has 0 aromatic carbocycles. The van der Waals surface area contributed by atoms with E-state index in [1.54, 1.807) is 12.4 Å². The summed E-state index contributed by atoms with van der Waals surface area (Å²) in [4.78, 5) is 17.0. The van der Waals surface area contributed by atoms with E-state index in [1.807, 2.05) is 24.1 Å². The molecule has 0 fully saturated rings. The third-order valence-electron chi connectivity index (χ3n) is 1.85. The van der Waals surface area contributed by atoms with E-state index in [1.165, 1.54) is 0 Å². The predicted molar refractivity (Wildman–Crippen MR) is 54.6 cm³/mol. The predicted octanol–water partition coefficient (Wildman–Crippen LogP) is 0.0412. The fourth-order valence-corrected chi connectivity index (χ4v) is 1.22. The molecule has 1 aromatic heterocycles. The molecule has 4 heteroatoms. The summed E-state index contributed by atoms with van der Waals surface area (Å²) < 4.78 is 0. The van der Waals surface area contributed by atoms with E-state index in [9.17, 15) is 4.79 Å². The van der Waals surface area contributed by atoms with Crippen molar-refractivity contribution in [3.63, 3.8) is 0 Å². The van der Waals surface area contributed by atoms with Gasteiger partial charge in [-0.15, -0.1) is 0 Å². The Balaban J connectivity index is 2.41. The maximum Gasteiger partial charge on any atom is 0.160 e. The molecule has 0 saturated heterocycles. The Morgan fingerprint density at radius 2 is 2.43 bits per heavy atom. The summed E-state index contributed by atoms with van der Waals surface area (Å²) in [6, 6.07) is 3.87. The summed E-state index contributed by atoms with van der Waals surface area (Å²) in [5.41, 5.74) is 6.32. The summed E-state index contributed by atoms with van der Waals surface area (Å²) in [5.74, 6) is 0.0522. The molecule has 1 aromatic rings. The first-order chi connectivity index (χ1) is 6.72. The number of pyridine rings is 1. The van der Waals surface area contributed by atoms with E-state index in [2.05, 4.69) is 4.98 Å². The van der Waals surface area contributed by atoms with Crippen LogP contribution < -0.4 is 5.73 Å². The van der Waals surface area contributed by atoms with E-state index in [0.717, 1.165) is 12.1 Å². The topological polar surface area (TPSA) is 59.2 Å². The maximum absolute atomic E-state index is 11.0. The number of ketones is 1. The molecule has 76 valence electrons. The van der Waals surface area contributed by atoms with Gasteiger partial charge in [-0.3, -0.25) is 14.7 Å². The number of nitrogens with two attached hydrogens (primary N) is 1. The molecule has 0 unspecified atom stereocenters. The first-order valence-corrected chi connectivity index (χ1v) is 4.51. The number of rotatable bonds is 5. The van der Waals surface area contributed by atoms with Crippen LogP contribution in [0.15, 0.2) is 24.5 Å². The Morgan fingerprint density at radius 1 is 1.64 bits per heavy atom. The van der Waals surface area contributed by atoms with Crippen LogP contribution in [0.1, 0.15) is 5.56 Å². The Morgan fingerprint density at radius 3 is 3.00 bits per heavy atom. The second-order valence-electron chi connectivity index (χ2n) is 3.28. The van der Waals surface area contributed by atoms with Crippen molar-refractivity contribution in [3.8, 4) is 0 Å². The highest BCUT2D eigenvalue weighted by molar-refractivity contribution is 5.82. The molecule has 0 radical (unpaired) electrons. The number of hydrogen-bond acceptors (Lipinski definition) is 4. The fraction of sp³-hybridized carbons (Fsp3) is 0.400. The van der Waals surface area contributed by atoms with E-state index in [-0.39, 0.29) is 12.3 Å². The molecular formula is C10H15N3O. The van der Waals surface area contributed by atoms with Gasteiger partial charge in [0, 0.05) is 18.9 Å². The first-order valence-electron chi connectivity index (χ1n) is 4.51. The van der Waals surface area contributed by atoms with Gasteiger partial charge in [0.25, 0.3) is 0 Å². The molecular weight excluding hydrogens is 178 g/mol. The minimum atomic E-state index is 0.0522. The van der Waals surface area contributed by atoms with Crippen LogP contribution >= 0.6 is 0 Å². The lowest BCUT2D eigenvalue weighted by atomic mass is 10.2. The van der Waals surface area contributed by atoms with Crippen LogP contribution in [0.3, 0.4) is 0 Å². The quantitative estimate of drug-likeness (QED) is 0.717. The highest BCUT2D eigenvalue weighted by Crippen LogP contribution is 1.99. The number of hydrogen-bond donors (Lipinski definition) is 1. The smallest absolute Gasteiger partial charge is 0.160 e. The van der Waals surface area contributed by atoms with Gasteiger partial charge < -0.3 is 5.73 Å². The normalized spacial score (nSPS) is 10.5. The zero-order valence-corrected chi connectivity index (χ0v) is 8.31. The van der Waals surface area contributed by atoms with E-state index >= 15 is 0 Å². The zero-order chi connectivity index (χ0) is 10.4. The summed E-state index contributed by atoms with van der Waals surface area (Å²) in [5, 5.41) is 0. The molecule has 0 bridgehead atoms. The molecule has 0 spiro atoms. The van der Waals surface area contributed by atoms with Crippen molar-refractivity contribution in [2.45, 2.75) is 6.54 Å². The van der Waals surface area contributed by atoms with Crippen molar-refractivity contribution in [2.75, 3.05) is 20.1 Å². The molecule has 14 heavy (non-hydrogen) atoms. The maximum atomic E-state index is 11.0. The van der Waals surface area contributed by atoms with Crippen LogP contribution in [0, 0.1) is 0 Å². The SMILES string of the molecule is CN(CC(=O)CN)Cc1cccnc1. The number of carbonyl (C=O) groups is 1. The summed E-state index contributed by atoms with van der Waals surface area (Å²) in [6.07, 6.45) is 3.53. The minimum Gasteiger partial charge on any atom is -0.324 e. The van der Waals surface area contributed by atoms with Gasteiger partial charge in [0.15, 0.2) is 5.78 Å². The van der Waals surface area contributed by atoms with Crippen molar-refractivity contribution in [2.24, 2.45) is 5.73 Å². The van der Waals surface area contributed by atoms with Crippen LogP contribution in [0.4, 0.5) is 0 Å². The van der Waals surface area contributed by atoms with Crippen LogP contribution in [-0.4, -0.2) is 35.8 Å².